The minimum Gasteiger partial charge on any atom is -0.384 e. The van der Waals surface area contributed by atoms with Gasteiger partial charge in [0.15, 0.2) is 0 Å². The van der Waals surface area contributed by atoms with Gasteiger partial charge in [-0.05, 0) is 42.0 Å². The van der Waals surface area contributed by atoms with Gasteiger partial charge in [0.2, 0.25) is 0 Å². The van der Waals surface area contributed by atoms with Crippen LogP contribution in [0.25, 0.3) is 11.3 Å². The molecule has 0 aliphatic rings. The van der Waals surface area contributed by atoms with E-state index in [0.717, 1.165) is 11.1 Å². The van der Waals surface area contributed by atoms with Gasteiger partial charge in [0.25, 0.3) is 0 Å². The molecule has 1 aromatic heterocycles. The van der Waals surface area contributed by atoms with E-state index in [9.17, 15) is 8.78 Å². The van der Waals surface area contributed by atoms with Crippen LogP contribution in [0.3, 0.4) is 0 Å². The standard InChI is InChI=1S/C16H13F2N3/c17-13-6-4-12(5-7-13)15-9-16(19)21(20-15)10-11-2-1-3-14(18)8-11/h1-9H,10,19H2. The molecule has 0 atom stereocenters. The highest BCUT2D eigenvalue weighted by Gasteiger charge is 2.08. The maximum absolute atomic E-state index is 13.2. The van der Waals surface area contributed by atoms with Crippen LogP contribution >= 0.6 is 0 Å². The van der Waals surface area contributed by atoms with Crippen molar-refractivity contribution in [3.8, 4) is 11.3 Å². The minimum absolute atomic E-state index is 0.294. The molecule has 0 amide bonds. The maximum atomic E-state index is 13.2. The zero-order chi connectivity index (χ0) is 14.8. The number of anilines is 1. The van der Waals surface area contributed by atoms with Crippen molar-refractivity contribution in [3.05, 3.63) is 71.8 Å². The number of aromatic nitrogens is 2. The highest BCUT2D eigenvalue weighted by atomic mass is 19.1. The number of hydrogen-bond donors (Lipinski definition) is 1. The fourth-order valence-corrected chi connectivity index (χ4v) is 2.13. The van der Waals surface area contributed by atoms with Crippen molar-refractivity contribution in [1.82, 2.24) is 9.78 Å². The summed E-state index contributed by atoms with van der Waals surface area (Å²) in [4.78, 5) is 0. The summed E-state index contributed by atoms with van der Waals surface area (Å²) in [5.74, 6) is -0.124. The van der Waals surface area contributed by atoms with Crippen molar-refractivity contribution < 1.29 is 8.78 Å². The number of rotatable bonds is 3. The molecule has 0 fully saturated rings. The molecule has 0 saturated heterocycles. The van der Waals surface area contributed by atoms with Crippen LogP contribution in [0.4, 0.5) is 14.6 Å². The van der Waals surface area contributed by atoms with Gasteiger partial charge in [0, 0.05) is 11.6 Å². The van der Waals surface area contributed by atoms with E-state index in [2.05, 4.69) is 5.10 Å². The van der Waals surface area contributed by atoms with Gasteiger partial charge in [-0.3, -0.25) is 0 Å². The Morgan fingerprint density at radius 1 is 0.952 bits per heavy atom. The zero-order valence-corrected chi connectivity index (χ0v) is 11.1. The molecule has 2 N–H and O–H groups in total. The van der Waals surface area contributed by atoms with Crippen molar-refractivity contribution in [1.29, 1.82) is 0 Å². The molecule has 1 heterocycles. The number of halogens is 2. The summed E-state index contributed by atoms with van der Waals surface area (Å²) in [6.07, 6.45) is 0. The van der Waals surface area contributed by atoms with E-state index in [1.54, 1.807) is 28.9 Å². The molecule has 2 aromatic carbocycles. The number of hydrogen-bond acceptors (Lipinski definition) is 2. The molecule has 5 heteroatoms. The third-order valence-corrected chi connectivity index (χ3v) is 3.17. The van der Waals surface area contributed by atoms with Crippen molar-refractivity contribution in [2.45, 2.75) is 6.54 Å². The second kappa shape index (κ2) is 5.36. The summed E-state index contributed by atoms with van der Waals surface area (Å²) < 4.78 is 27.7. The number of nitrogen functional groups attached to an aromatic ring is 1. The molecule has 0 saturated carbocycles. The predicted molar refractivity (Wildman–Crippen MR) is 77.5 cm³/mol. The highest BCUT2D eigenvalue weighted by molar-refractivity contribution is 5.62. The van der Waals surface area contributed by atoms with E-state index in [1.165, 1.54) is 24.3 Å². The summed E-state index contributed by atoms with van der Waals surface area (Å²) in [6.45, 7) is 0.380. The monoisotopic (exact) mass is 285 g/mol. The van der Waals surface area contributed by atoms with E-state index < -0.39 is 0 Å². The molecular formula is C16H13F2N3. The Labute approximate surface area is 120 Å². The van der Waals surface area contributed by atoms with Crippen LogP contribution in [0, 0.1) is 11.6 Å². The second-order valence-electron chi connectivity index (χ2n) is 4.75. The zero-order valence-electron chi connectivity index (χ0n) is 11.1. The third-order valence-electron chi connectivity index (χ3n) is 3.17. The molecule has 0 unspecified atom stereocenters. The van der Waals surface area contributed by atoms with Gasteiger partial charge in [-0.25, -0.2) is 13.5 Å². The van der Waals surface area contributed by atoms with Gasteiger partial charge >= 0.3 is 0 Å². The van der Waals surface area contributed by atoms with E-state index in [4.69, 9.17) is 5.73 Å². The Morgan fingerprint density at radius 2 is 1.71 bits per heavy atom. The Morgan fingerprint density at radius 3 is 2.43 bits per heavy atom. The summed E-state index contributed by atoms with van der Waals surface area (Å²) >= 11 is 0. The maximum Gasteiger partial charge on any atom is 0.123 e. The van der Waals surface area contributed by atoms with E-state index in [1.807, 2.05) is 6.07 Å². The van der Waals surface area contributed by atoms with Crippen molar-refractivity contribution >= 4 is 5.82 Å². The SMILES string of the molecule is Nc1cc(-c2ccc(F)cc2)nn1Cc1cccc(F)c1. The lowest BCUT2D eigenvalue weighted by molar-refractivity contribution is 0.620. The van der Waals surface area contributed by atoms with Gasteiger partial charge in [0.05, 0.1) is 12.2 Å². The quantitative estimate of drug-likeness (QED) is 0.801. The lowest BCUT2D eigenvalue weighted by atomic mass is 10.1. The topological polar surface area (TPSA) is 43.8 Å². The van der Waals surface area contributed by atoms with E-state index >= 15 is 0 Å². The molecule has 3 aromatic rings. The van der Waals surface area contributed by atoms with Crippen LogP contribution in [-0.4, -0.2) is 9.78 Å². The van der Waals surface area contributed by atoms with Crippen LogP contribution in [0.5, 0.6) is 0 Å². The first-order valence-corrected chi connectivity index (χ1v) is 6.45. The molecule has 21 heavy (non-hydrogen) atoms. The molecule has 3 rings (SSSR count). The van der Waals surface area contributed by atoms with Crippen LogP contribution < -0.4 is 5.73 Å². The van der Waals surface area contributed by atoms with Crippen molar-refractivity contribution in [2.75, 3.05) is 5.73 Å². The number of nitrogens with zero attached hydrogens (tertiary/aromatic N) is 2. The van der Waals surface area contributed by atoms with Crippen LogP contribution in [0.1, 0.15) is 5.56 Å². The normalized spacial score (nSPS) is 10.8. The molecule has 0 aliphatic heterocycles. The van der Waals surface area contributed by atoms with E-state index in [0.29, 0.717) is 18.1 Å². The first-order chi connectivity index (χ1) is 10.1. The molecule has 0 aliphatic carbocycles. The Kier molecular flexibility index (Phi) is 3.39. The molecule has 3 nitrogen and oxygen atoms in total. The average molecular weight is 285 g/mol. The van der Waals surface area contributed by atoms with Gasteiger partial charge in [-0.1, -0.05) is 12.1 Å². The lowest BCUT2D eigenvalue weighted by Gasteiger charge is -2.04. The fourth-order valence-electron chi connectivity index (χ4n) is 2.13. The molecule has 0 spiro atoms. The summed E-state index contributed by atoms with van der Waals surface area (Å²) in [6, 6.07) is 14.0. The average Bonchev–Trinajstić information content (AvgIpc) is 2.81. The largest absolute Gasteiger partial charge is 0.384 e. The smallest absolute Gasteiger partial charge is 0.123 e. The summed E-state index contributed by atoms with van der Waals surface area (Å²) in [7, 11) is 0. The summed E-state index contributed by atoms with van der Waals surface area (Å²) in [5, 5.41) is 4.38. The Balaban J connectivity index is 1.89. The lowest BCUT2D eigenvalue weighted by Crippen LogP contribution is -2.05. The van der Waals surface area contributed by atoms with Crippen LogP contribution in [-0.2, 0) is 6.54 Å². The second-order valence-corrected chi connectivity index (χ2v) is 4.75. The molecular weight excluding hydrogens is 272 g/mol. The molecule has 0 radical (unpaired) electrons. The summed E-state index contributed by atoms with van der Waals surface area (Å²) in [5.41, 5.74) is 8.14. The van der Waals surface area contributed by atoms with Gasteiger partial charge in [-0.2, -0.15) is 5.10 Å². The highest BCUT2D eigenvalue weighted by Crippen LogP contribution is 2.21. The predicted octanol–water partition coefficient (Wildman–Crippen LogP) is 3.46. The fraction of sp³-hybridized carbons (Fsp3) is 0.0625. The molecule has 0 bridgehead atoms. The van der Waals surface area contributed by atoms with Gasteiger partial charge in [-0.15, -0.1) is 0 Å². The van der Waals surface area contributed by atoms with Gasteiger partial charge < -0.3 is 5.73 Å². The number of nitrogens with two attached hydrogens (primary N) is 1. The van der Waals surface area contributed by atoms with E-state index in [-0.39, 0.29) is 11.6 Å². The minimum atomic E-state index is -0.300. The first kappa shape index (κ1) is 13.3. The third kappa shape index (κ3) is 2.91. The van der Waals surface area contributed by atoms with Crippen LogP contribution in [0.15, 0.2) is 54.6 Å². The van der Waals surface area contributed by atoms with Crippen molar-refractivity contribution in [3.63, 3.8) is 0 Å². The first-order valence-electron chi connectivity index (χ1n) is 6.45. The van der Waals surface area contributed by atoms with Gasteiger partial charge in [0.1, 0.15) is 17.5 Å². The number of benzene rings is 2. The Hall–Kier alpha value is -2.69. The molecule has 106 valence electrons. The van der Waals surface area contributed by atoms with Crippen LogP contribution in [0.2, 0.25) is 0 Å². The Bertz CT molecular complexity index is 763. The van der Waals surface area contributed by atoms with Crippen molar-refractivity contribution in [2.24, 2.45) is 0 Å².